The number of aromatic nitrogens is 2. The van der Waals surface area contributed by atoms with E-state index in [-0.39, 0.29) is 12.3 Å². The van der Waals surface area contributed by atoms with Gasteiger partial charge in [0.25, 0.3) is 0 Å². The molecule has 5 nitrogen and oxygen atoms in total. The first-order chi connectivity index (χ1) is 11.6. The summed E-state index contributed by atoms with van der Waals surface area (Å²) in [7, 11) is 0. The molecule has 0 radical (unpaired) electrons. The van der Waals surface area contributed by atoms with Gasteiger partial charge in [-0.05, 0) is 49.2 Å². The van der Waals surface area contributed by atoms with Crippen LogP contribution in [0.1, 0.15) is 16.8 Å². The standard InChI is InChI=1S/C18H18N4OS/c1-12-4-3-5-14(8-12)20-17(23)10-15-11-24-18(21-15)22-16-9-13(2)6-7-19-16/h3-9,11H,10H2,1-2H3,(H,20,23)(H,19,21,22). The van der Waals surface area contributed by atoms with E-state index in [2.05, 4.69) is 20.6 Å². The van der Waals surface area contributed by atoms with E-state index in [1.807, 2.05) is 55.6 Å². The number of thiazole rings is 1. The van der Waals surface area contributed by atoms with Crippen LogP contribution in [-0.4, -0.2) is 15.9 Å². The minimum absolute atomic E-state index is 0.0777. The molecule has 2 N–H and O–H groups in total. The van der Waals surface area contributed by atoms with E-state index in [0.29, 0.717) is 0 Å². The minimum Gasteiger partial charge on any atom is -0.326 e. The number of hydrogen-bond acceptors (Lipinski definition) is 5. The number of rotatable bonds is 5. The van der Waals surface area contributed by atoms with Crippen LogP contribution in [0.2, 0.25) is 0 Å². The number of nitrogens with one attached hydrogen (secondary N) is 2. The largest absolute Gasteiger partial charge is 0.326 e. The van der Waals surface area contributed by atoms with Crippen molar-refractivity contribution in [2.75, 3.05) is 10.6 Å². The number of anilines is 3. The second-order valence-electron chi connectivity index (χ2n) is 5.58. The third-order valence-corrected chi connectivity index (χ3v) is 4.15. The summed E-state index contributed by atoms with van der Waals surface area (Å²) in [5, 5.41) is 8.66. The summed E-state index contributed by atoms with van der Waals surface area (Å²) < 4.78 is 0. The minimum atomic E-state index is -0.0777. The third kappa shape index (κ3) is 4.39. The van der Waals surface area contributed by atoms with Crippen molar-refractivity contribution < 1.29 is 4.79 Å². The Morgan fingerprint density at radius 2 is 2.00 bits per heavy atom. The molecular weight excluding hydrogens is 320 g/mol. The molecule has 1 amide bonds. The first kappa shape index (κ1) is 16.1. The fourth-order valence-corrected chi connectivity index (χ4v) is 2.97. The first-order valence-electron chi connectivity index (χ1n) is 7.59. The summed E-state index contributed by atoms with van der Waals surface area (Å²) in [6, 6.07) is 11.6. The lowest BCUT2D eigenvalue weighted by molar-refractivity contribution is -0.115. The van der Waals surface area contributed by atoms with Gasteiger partial charge in [-0.25, -0.2) is 9.97 Å². The molecule has 0 saturated heterocycles. The molecule has 0 aliphatic rings. The van der Waals surface area contributed by atoms with E-state index in [0.717, 1.165) is 33.5 Å². The highest BCUT2D eigenvalue weighted by molar-refractivity contribution is 7.13. The fraction of sp³-hybridized carbons (Fsp3) is 0.167. The molecule has 2 aromatic heterocycles. The zero-order chi connectivity index (χ0) is 16.9. The van der Waals surface area contributed by atoms with Crippen LogP contribution < -0.4 is 10.6 Å². The fourth-order valence-electron chi connectivity index (χ4n) is 2.25. The highest BCUT2D eigenvalue weighted by Crippen LogP contribution is 2.20. The quantitative estimate of drug-likeness (QED) is 0.735. The SMILES string of the molecule is Cc1cccc(NC(=O)Cc2csc(Nc3cc(C)ccn3)n2)c1. The highest BCUT2D eigenvalue weighted by atomic mass is 32.1. The molecule has 3 aromatic rings. The molecule has 0 saturated carbocycles. The van der Waals surface area contributed by atoms with Crippen LogP contribution in [0, 0.1) is 13.8 Å². The lowest BCUT2D eigenvalue weighted by Crippen LogP contribution is -2.14. The van der Waals surface area contributed by atoms with Crippen molar-refractivity contribution in [3.8, 4) is 0 Å². The molecule has 0 bridgehead atoms. The molecule has 0 atom stereocenters. The van der Waals surface area contributed by atoms with Crippen molar-refractivity contribution >= 4 is 33.9 Å². The van der Waals surface area contributed by atoms with Gasteiger partial charge in [-0.2, -0.15) is 0 Å². The monoisotopic (exact) mass is 338 g/mol. The van der Waals surface area contributed by atoms with Crippen molar-refractivity contribution in [1.82, 2.24) is 9.97 Å². The van der Waals surface area contributed by atoms with Crippen LogP contribution in [0.25, 0.3) is 0 Å². The molecule has 6 heteroatoms. The van der Waals surface area contributed by atoms with Crippen molar-refractivity contribution in [1.29, 1.82) is 0 Å². The molecule has 2 heterocycles. The van der Waals surface area contributed by atoms with Gasteiger partial charge in [0, 0.05) is 17.3 Å². The second kappa shape index (κ2) is 7.23. The van der Waals surface area contributed by atoms with Crippen LogP contribution in [0.15, 0.2) is 48.0 Å². The maximum Gasteiger partial charge on any atom is 0.230 e. The van der Waals surface area contributed by atoms with Gasteiger partial charge in [-0.15, -0.1) is 11.3 Å². The van der Waals surface area contributed by atoms with Crippen LogP contribution in [-0.2, 0) is 11.2 Å². The van der Waals surface area contributed by atoms with Gasteiger partial charge in [0.05, 0.1) is 12.1 Å². The smallest absolute Gasteiger partial charge is 0.230 e. The summed E-state index contributed by atoms with van der Waals surface area (Å²) in [5.74, 6) is 0.672. The maximum absolute atomic E-state index is 12.1. The van der Waals surface area contributed by atoms with E-state index < -0.39 is 0 Å². The zero-order valence-electron chi connectivity index (χ0n) is 13.5. The van der Waals surface area contributed by atoms with Gasteiger partial charge in [0.2, 0.25) is 5.91 Å². The number of nitrogens with zero attached hydrogens (tertiary/aromatic N) is 2. The Kier molecular flexibility index (Phi) is 4.86. The van der Waals surface area contributed by atoms with Crippen molar-refractivity contribution in [3.63, 3.8) is 0 Å². The first-order valence-corrected chi connectivity index (χ1v) is 8.47. The summed E-state index contributed by atoms with van der Waals surface area (Å²) in [4.78, 5) is 20.8. The number of carbonyl (C=O) groups excluding carboxylic acids is 1. The van der Waals surface area contributed by atoms with E-state index in [1.54, 1.807) is 6.20 Å². The average Bonchev–Trinajstić information content (AvgIpc) is 2.94. The van der Waals surface area contributed by atoms with Crippen molar-refractivity contribution in [2.45, 2.75) is 20.3 Å². The molecule has 0 unspecified atom stereocenters. The normalized spacial score (nSPS) is 10.4. The van der Waals surface area contributed by atoms with Gasteiger partial charge >= 0.3 is 0 Å². The van der Waals surface area contributed by atoms with Crippen LogP contribution in [0.3, 0.4) is 0 Å². The summed E-state index contributed by atoms with van der Waals surface area (Å²) in [5.41, 5.74) is 3.78. The Balaban J connectivity index is 1.60. The Bertz CT molecular complexity index is 859. The molecule has 0 aliphatic heterocycles. The molecule has 0 fully saturated rings. The number of benzene rings is 1. The van der Waals surface area contributed by atoms with Crippen LogP contribution in [0.4, 0.5) is 16.6 Å². The summed E-state index contributed by atoms with van der Waals surface area (Å²) in [6.45, 7) is 4.00. The Morgan fingerprint density at radius 1 is 1.17 bits per heavy atom. The van der Waals surface area contributed by atoms with Gasteiger partial charge in [0.15, 0.2) is 5.13 Å². The second-order valence-corrected chi connectivity index (χ2v) is 6.44. The molecule has 0 aliphatic carbocycles. The molecule has 122 valence electrons. The molecule has 24 heavy (non-hydrogen) atoms. The van der Waals surface area contributed by atoms with Gasteiger partial charge in [-0.1, -0.05) is 12.1 Å². The molecule has 1 aromatic carbocycles. The Morgan fingerprint density at radius 3 is 2.79 bits per heavy atom. The Hall–Kier alpha value is -2.73. The van der Waals surface area contributed by atoms with E-state index in [9.17, 15) is 4.79 Å². The number of hydrogen-bond donors (Lipinski definition) is 2. The average molecular weight is 338 g/mol. The van der Waals surface area contributed by atoms with Crippen LogP contribution >= 0.6 is 11.3 Å². The molecular formula is C18H18N4OS. The van der Waals surface area contributed by atoms with Gasteiger partial charge in [-0.3, -0.25) is 4.79 Å². The number of carbonyl (C=O) groups is 1. The molecule has 0 spiro atoms. The highest BCUT2D eigenvalue weighted by Gasteiger charge is 2.09. The molecule has 3 rings (SSSR count). The predicted molar refractivity (Wildman–Crippen MR) is 97.9 cm³/mol. The van der Waals surface area contributed by atoms with Crippen molar-refractivity contribution in [2.24, 2.45) is 0 Å². The predicted octanol–water partition coefficient (Wildman–Crippen LogP) is 4.08. The van der Waals surface area contributed by atoms with E-state index in [1.165, 1.54) is 11.3 Å². The number of amides is 1. The lowest BCUT2D eigenvalue weighted by atomic mass is 10.2. The number of pyridine rings is 1. The van der Waals surface area contributed by atoms with Gasteiger partial charge < -0.3 is 10.6 Å². The lowest BCUT2D eigenvalue weighted by Gasteiger charge is -2.04. The summed E-state index contributed by atoms with van der Waals surface area (Å²) in [6.07, 6.45) is 1.99. The topological polar surface area (TPSA) is 66.9 Å². The van der Waals surface area contributed by atoms with Gasteiger partial charge in [0.1, 0.15) is 5.82 Å². The summed E-state index contributed by atoms with van der Waals surface area (Å²) >= 11 is 1.46. The van der Waals surface area contributed by atoms with Crippen LogP contribution in [0.5, 0.6) is 0 Å². The third-order valence-electron chi connectivity index (χ3n) is 3.35. The van der Waals surface area contributed by atoms with E-state index >= 15 is 0 Å². The Labute approximate surface area is 144 Å². The zero-order valence-corrected chi connectivity index (χ0v) is 14.4. The van der Waals surface area contributed by atoms with E-state index in [4.69, 9.17) is 0 Å². The number of aryl methyl sites for hydroxylation is 2. The maximum atomic E-state index is 12.1. The van der Waals surface area contributed by atoms with Crippen molar-refractivity contribution in [3.05, 3.63) is 64.8 Å².